The van der Waals surface area contributed by atoms with Gasteiger partial charge in [0.25, 0.3) is 0 Å². The lowest BCUT2D eigenvalue weighted by Crippen LogP contribution is -2.41. The molecule has 0 radical (unpaired) electrons. The first kappa shape index (κ1) is 18.0. The summed E-state index contributed by atoms with van der Waals surface area (Å²) in [6.07, 6.45) is 1.15. The van der Waals surface area contributed by atoms with E-state index >= 15 is 0 Å². The highest BCUT2D eigenvalue weighted by Gasteiger charge is 2.51. The summed E-state index contributed by atoms with van der Waals surface area (Å²) in [5.41, 5.74) is 2.44. The highest BCUT2D eigenvalue weighted by Crippen LogP contribution is 2.36. The maximum absolute atomic E-state index is 8.93. The van der Waals surface area contributed by atoms with Gasteiger partial charge in [-0.3, -0.25) is 0 Å². The van der Waals surface area contributed by atoms with Crippen LogP contribution < -0.4 is 10.8 Å². The predicted octanol–water partition coefficient (Wildman–Crippen LogP) is 2.17. The highest BCUT2D eigenvalue weighted by atomic mass is 16.7. The van der Waals surface area contributed by atoms with Crippen LogP contribution in [0.3, 0.4) is 0 Å². The zero-order valence-electron chi connectivity index (χ0n) is 14.7. The van der Waals surface area contributed by atoms with Gasteiger partial charge in [-0.2, -0.15) is 0 Å². The van der Waals surface area contributed by atoms with Gasteiger partial charge in [0, 0.05) is 30.6 Å². The van der Waals surface area contributed by atoms with E-state index in [9.17, 15) is 0 Å². The smallest absolute Gasteiger partial charge is 0.399 e. The summed E-state index contributed by atoms with van der Waals surface area (Å²) in [6.45, 7) is 8.23. The third kappa shape index (κ3) is 3.60. The van der Waals surface area contributed by atoms with Crippen molar-refractivity contribution in [2.24, 2.45) is 0 Å². The number of aliphatic hydroxyl groups excluding tert-OH is 1. The minimum atomic E-state index is -0.409. The van der Waals surface area contributed by atoms with Gasteiger partial charge < -0.3 is 25.1 Å². The summed E-state index contributed by atoms with van der Waals surface area (Å²) in [4.78, 5) is 0. The van der Waals surface area contributed by atoms with Crippen molar-refractivity contribution in [2.45, 2.75) is 51.7 Å². The molecule has 0 unspecified atom stereocenters. The van der Waals surface area contributed by atoms with Crippen molar-refractivity contribution >= 4 is 24.0 Å². The maximum Gasteiger partial charge on any atom is 0.494 e. The molecule has 1 fully saturated rings. The van der Waals surface area contributed by atoms with Gasteiger partial charge in [-0.1, -0.05) is 12.1 Å². The van der Waals surface area contributed by atoms with E-state index in [-0.39, 0.29) is 17.8 Å². The third-order valence-electron chi connectivity index (χ3n) is 4.75. The number of nitrogens with one attached hydrogen (secondary N) is 2. The van der Waals surface area contributed by atoms with Gasteiger partial charge in [-0.25, -0.2) is 0 Å². The van der Waals surface area contributed by atoms with E-state index < -0.39 is 7.12 Å². The second-order valence-corrected chi connectivity index (χ2v) is 6.95. The molecule has 1 aliphatic rings. The lowest BCUT2D eigenvalue weighted by molar-refractivity contribution is 0.00578. The van der Waals surface area contributed by atoms with Crippen molar-refractivity contribution in [1.29, 1.82) is 5.41 Å². The lowest BCUT2D eigenvalue weighted by atomic mass is 9.78. The fraction of sp³-hybridized carbons (Fsp3) is 0.588. The Kier molecular flexibility index (Phi) is 5.18. The average molecular weight is 318 g/mol. The number of benzene rings is 1. The number of hydrogen-bond donors (Lipinski definition) is 3. The molecule has 0 aliphatic carbocycles. The molecule has 0 saturated carbocycles. The standard InChI is InChI=1S/C17H27BN2O3/c1-16(2)17(3,4)23-18(22-16)12-8-9-13(15(11-12)20-5)14(19)7-6-10-21/h8-9,11,19-21H,6-7,10H2,1-5H3. The molecule has 1 heterocycles. The largest absolute Gasteiger partial charge is 0.494 e. The van der Waals surface area contributed by atoms with Crippen LogP contribution in [0.1, 0.15) is 46.1 Å². The second kappa shape index (κ2) is 6.63. The molecule has 0 amide bonds. The normalized spacial score (nSPS) is 19.0. The lowest BCUT2D eigenvalue weighted by Gasteiger charge is -2.32. The van der Waals surface area contributed by atoms with Gasteiger partial charge in [-0.05, 0) is 52.1 Å². The molecule has 0 bridgehead atoms. The van der Waals surface area contributed by atoms with E-state index in [1.54, 1.807) is 0 Å². The van der Waals surface area contributed by atoms with Crippen molar-refractivity contribution in [3.05, 3.63) is 23.8 Å². The van der Waals surface area contributed by atoms with Crippen LogP contribution in [0.4, 0.5) is 5.69 Å². The monoisotopic (exact) mass is 318 g/mol. The van der Waals surface area contributed by atoms with Crippen molar-refractivity contribution < 1.29 is 14.4 Å². The maximum atomic E-state index is 8.93. The first-order valence-electron chi connectivity index (χ1n) is 8.08. The summed E-state index contributed by atoms with van der Waals surface area (Å²) in [5.74, 6) is 0. The summed E-state index contributed by atoms with van der Waals surface area (Å²) >= 11 is 0. The van der Waals surface area contributed by atoms with E-state index in [1.807, 2.05) is 52.9 Å². The summed E-state index contributed by atoms with van der Waals surface area (Å²) in [6, 6.07) is 5.85. The highest BCUT2D eigenvalue weighted by molar-refractivity contribution is 6.62. The van der Waals surface area contributed by atoms with Crippen molar-refractivity contribution in [3.8, 4) is 0 Å². The Labute approximate surface area is 139 Å². The van der Waals surface area contributed by atoms with E-state index in [2.05, 4.69) is 5.32 Å². The van der Waals surface area contributed by atoms with Crippen LogP contribution in [0.25, 0.3) is 0 Å². The van der Waals surface area contributed by atoms with E-state index in [0.29, 0.717) is 18.6 Å². The summed E-state index contributed by atoms with van der Waals surface area (Å²) < 4.78 is 12.2. The summed E-state index contributed by atoms with van der Waals surface area (Å²) in [7, 11) is 1.43. The molecule has 1 aromatic rings. The minimum Gasteiger partial charge on any atom is -0.399 e. The van der Waals surface area contributed by atoms with Gasteiger partial charge in [-0.15, -0.1) is 0 Å². The summed E-state index contributed by atoms with van der Waals surface area (Å²) in [5, 5.41) is 20.2. The average Bonchev–Trinajstić information content (AvgIpc) is 2.72. The molecule has 0 spiro atoms. The van der Waals surface area contributed by atoms with Crippen LogP contribution in [-0.4, -0.2) is 42.8 Å². The van der Waals surface area contributed by atoms with Crippen molar-refractivity contribution in [1.82, 2.24) is 0 Å². The third-order valence-corrected chi connectivity index (χ3v) is 4.75. The van der Waals surface area contributed by atoms with Crippen LogP contribution in [0.2, 0.25) is 0 Å². The Hall–Kier alpha value is -1.37. The molecule has 5 nitrogen and oxygen atoms in total. The Morgan fingerprint density at radius 1 is 1.22 bits per heavy atom. The number of hydrogen-bond acceptors (Lipinski definition) is 5. The van der Waals surface area contributed by atoms with Gasteiger partial charge in [0.2, 0.25) is 0 Å². The van der Waals surface area contributed by atoms with Crippen LogP contribution >= 0.6 is 0 Å². The van der Waals surface area contributed by atoms with E-state index in [4.69, 9.17) is 19.8 Å². The molecule has 3 N–H and O–H groups in total. The van der Waals surface area contributed by atoms with Gasteiger partial charge in [0.1, 0.15) is 0 Å². The molecule has 1 aliphatic heterocycles. The number of aliphatic hydroxyl groups is 1. The zero-order chi connectivity index (χ0) is 17.3. The van der Waals surface area contributed by atoms with E-state index in [0.717, 1.165) is 16.7 Å². The molecule has 126 valence electrons. The molecule has 1 saturated heterocycles. The Balaban J connectivity index is 2.25. The van der Waals surface area contributed by atoms with E-state index in [1.165, 1.54) is 0 Å². The van der Waals surface area contributed by atoms with Crippen molar-refractivity contribution in [3.63, 3.8) is 0 Å². The Morgan fingerprint density at radius 2 is 1.83 bits per heavy atom. The van der Waals surface area contributed by atoms with Crippen LogP contribution in [0, 0.1) is 5.41 Å². The molecule has 0 aromatic heterocycles. The fourth-order valence-electron chi connectivity index (χ4n) is 2.55. The van der Waals surface area contributed by atoms with Crippen molar-refractivity contribution in [2.75, 3.05) is 19.0 Å². The zero-order valence-corrected chi connectivity index (χ0v) is 14.7. The molecular weight excluding hydrogens is 291 g/mol. The first-order valence-corrected chi connectivity index (χ1v) is 8.08. The van der Waals surface area contributed by atoms with Gasteiger partial charge >= 0.3 is 7.12 Å². The molecule has 23 heavy (non-hydrogen) atoms. The van der Waals surface area contributed by atoms with Crippen LogP contribution in [-0.2, 0) is 9.31 Å². The van der Waals surface area contributed by atoms with Crippen LogP contribution in [0.15, 0.2) is 18.2 Å². The number of rotatable bonds is 6. The number of anilines is 1. The predicted molar refractivity (Wildman–Crippen MR) is 94.9 cm³/mol. The molecular formula is C17H27BN2O3. The SMILES string of the molecule is CNc1cc(B2OC(C)(C)C(C)(C)O2)ccc1C(=N)CCCO. The van der Waals surface area contributed by atoms with Gasteiger partial charge in [0.15, 0.2) is 0 Å². The first-order chi connectivity index (χ1) is 10.7. The fourth-order valence-corrected chi connectivity index (χ4v) is 2.55. The minimum absolute atomic E-state index is 0.100. The molecule has 1 aromatic carbocycles. The second-order valence-electron chi connectivity index (χ2n) is 6.95. The Morgan fingerprint density at radius 3 is 2.35 bits per heavy atom. The molecule has 0 atom stereocenters. The van der Waals surface area contributed by atoms with Crippen LogP contribution in [0.5, 0.6) is 0 Å². The Bertz CT molecular complexity index is 571. The molecule has 2 rings (SSSR count). The topological polar surface area (TPSA) is 74.6 Å². The quantitative estimate of drug-likeness (QED) is 0.555. The molecule has 6 heteroatoms. The van der Waals surface area contributed by atoms with Gasteiger partial charge in [0.05, 0.1) is 11.2 Å².